The number of hydrogen-bond donors (Lipinski definition) is 0. The van der Waals surface area contributed by atoms with Crippen molar-refractivity contribution >= 4 is 53.4 Å². The van der Waals surface area contributed by atoms with Gasteiger partial charge in [-0.25, -0.2) is 0 Å². The van der Waals surface area contributed by atoms with E-state index in [1.165, 1.54) is 10.1 Å². The lowest BCUT2D eigenvalue weighted by Crippen LogP contribution is -2.01. The second kappa shape index (κ2) is 4.18. The number of benzene rings is 3. The first kappa shape index (κ1) is 12.0. The number of hydrogen-bond acceptors (Lipinski definition) is 3. The zero-order valence-corrected chi connectivity index (χ0v) is 12.3. The summed E-state index contributed by atoms with van der Waals surface area (Å²) in [7, 11) is 0. The summed E-state index contributed by atoms with van der Waals surface area (Å²) in [5, 5.41) is 3.64. The monoisotopic (exact) mass is 302 g/mol. The van der Waals surface area contributed by atoms with E-state index in [0.29, 0.717) is 21.9 Å². The highest BCUT2D eigenvalue weighted by molar-refractivity contribution is 7.25. The van der Waals surface area contributed by atoms with Crippen molar-refractivity contribution in [3.8, 4) is 0 Å². The number of rotatable bonds is 0. The summed E-state index contributed by atoms with van der Waals surface area (Å²) in [6.45, 7) is 0. The molecule has 0 spiro atoms. The number of fused-ring (bicyclic) bond motifs is 5. The first-order chi connectivity index (χ1) is 10.8. The zero-order chi connectivity index (χ0) is 14.7. The van der Waals surface area contributed by atoms with Crippen LogP contribution in [0.4, 0.5) is 0 Å². The lowest BCUT2D eigenvalue weighted by atomic mass is 10.1. The molecule has 0 bridgehead atoms. The van der Waals surface area contributed by atoms with Gasteiger partial charge in [0.2, 0.25) is 5.43 Å². The molecule has 0 aliphatic heterocycles. The van der Waals surface area contributed by atoms with Crippen LogP contribution in [0.15, 0.2) is 69.9 Å². The van der Waals surface area contributed by atoms with Crippen LogP contribution < -0.4 is 5.43 Å². The molecular weight excluding hydrogens is 292 g/mol. The molecule has 3 heteroatoms. The van der Waals surface area contributed by atoms with E-state index < -0.39 is 0 Å². The van der Waals surface area contributed by atoms with E-state index in [4.69, 9.17) is 4.42 Å². The van der Waals surface area contributed by atoms with Crippen LogP contribution in [0.3, 0.4) is 0 Å². The summed E-state index contributed by atoms with van der Waals surface area (Å²) in [6, 6.07) is 19.7. The third-order valence-electron chi connectivity index (χ3n) is 4.08. The Kier molecular flexibility index (Phi) is 2.27. The minimum Gasteiger partial charge on any atom is -0.456 e. The van der Waals surface area contributed by atoms with Crippen LogP contribution in [-0.2, 0) is 0 Å². The fraction of sp³-hybridized carbons (Fsp3) is 0. The van der Waals surface area contributed by atoms with E-state index in [0.717, 1.165) is 10.1 Å². The Labute approximate surface area is 129 Å². The molecule has 0 N–H and O–H groups in total. The van der Waals surface area contributed by atoms with Gasteiger partial charge in [0.1, 0.15) is 11.2 Å². The summed E-state index contributed by atoms with van der Waals surface area (Å²) >= 11 is 1.71. The van der Waals surface area contributed by atoms with Crippen molar-refractivity contribution in [2.75, 3.05) is 0 Å². The topological polar surface area (TPSA) is 30.2 Å². The molecule has 22 heavy (non-hydrogen) atoms. The smallest absolute Gasteiger partial charge is 0.200 e. The quantitative estimate of drug-likeness (QED) is 0.363. The molecule has 0 saturated heterocycles. The van der Waals surface area contributed by atoms with Gasteiger partial charge in [0.15, 0.2) is 0 Å². The summed E-state index contributed by atoms with van der Waals surface area (Å²) < 4.78 is 8.31. The van der Waals surface area contributed by atoms with Crippen LogP contribution >= 0.6 is 11.3 Å². The molecule has 0 radical (unpaired) electrons. The summed E-state index contributed by atoms with van der Waals surface area (Å²) in [6.07, 6.45) is 0. The van der Waals surface area contributed by atoms with E-state index in [9.17, 15) is 4.79 Å². The predicted octanol–water partition coefficient (Wildman–Crippen LogP) is 5.31. The van der Waals surface area contributed by atoms with Gasteiger partial charge < -0.3 is 4.42 Å². The number of thiophene rings is 1. The van der Waals surface area contributed by atoms with Gasteiger partial charge in [-0.2, -0.15) is 0 Å². The summed E-state index contributed by atoms with van der Waals surface area (Å²) in [4.78, 5) is 12.7. The molecule has 5 rings (SSSR count). The van der Waals surface area contributed by atoms with Crippen LogP contribution in [0.25, 0.3) is 42.1 Å². The highest BCUT2D eigenvalue weighted by Crippen LogP contribution is 2.36. The average molecular weight is 302 g/mol. The Morgan fingerprint density at radius 3 is 2.36 bits per heavy atom. The van der Waals surface area contributed by atoms with Crippen LogP contribution in [-0.4, -0.2) is 0 Å². The minimum absolute atomic E-state index is 0.0382. The predicted molar refractivity (Wildman–Crippen MR) is 92.9 cm³/mol. The third-order valence-corrected chi connectivity index (χ3v) is 5.21. The van der Waals surface area contributed by atoms with Crippen molar-refractivity contribution in [3.05, 3.63) is 70.9 Å². The third kappa shape index (κ3) is 1.51. The van der Waals surface area contributed by atoms with Gasteiger partial charge in [-0.15, -0.1) is 11.3 Å². The van der Waals surface area contributed by atoms with Crippen molar-refractivity contribution in [3.63, 3.8) is 0 Å². The van der Waals surface area contributed by atoms with E-state index in [-0.39, 0.29) is 5.43 Å². The molecular formula is C19H10O2S. The van der Waals surface area contributed by atoms with Gasteiger partial charge in [-0.1, -0.05) is 30.3 Å². The molecule has 5 aromatic rings. The highest BCUT2D eigenvalue weighted by Gasteiger charge is 2.11. The molecule has 0 atom stereocenters. The van der Waals surface area contributed by atoms with Crippen LogP contribution in [0.2, 0.25) is 0 Å². The Morgan fingerprint density at radius 2 is 1.45 bits per heavy atom. The molecule has 0 fully saturated rings. The van der Waals surface area contributed by atoms with Crippen LogP contribution in [0, 0.1) is 0 Å². The lowest BCUT2D eigenvalue weighted by Gasteiger charge is -2.01. The Balaban J connectivity index is 2.05. The second-order valence-corrected chi connectivity index (χ2v) is 6.45. The molecule has 0 amide bonds. The highest BCUT2D eigenvalue weighted by atomic mass is 32.1. The molecule has 2 nitrogen and oxygen atoms in total. The maximum Gasteiger partial charge on any atom is 0.200 e. The van der Waals surface area contributed by atoms with Gasteiger partial charge in [0.25, 0.3) is 0 Å². The molecule has 0 aliphatic carbocycles. The van der Waals surface area contributed by atoms with Crippen molar-refractivity contribution in [1.82, 2.24) is 0 Å². The Hall–Kier alpha value is -2.65. The second-order valence-electron chi connectivity index (χ2n) is 5.37. The van der Waals surface area contributed by atoms with Crippen LogP contribution in [0.1, 0.15) is 0 Å². The Bertz CT molecular complexity index is 1240. The largest absolute Gasteiger partial charge is 0.456 e. The van der Waals surface area contributed by atoms with Gasteiger partial charge in [0.05, 0.1) is 10.8 Å². The maximum atomic E-state index is 12.7. The Morgan fingerprint density at radius 1 is 0.682 bits per heavy atom. The average Bonchev–Trinajstić information content (AvgIpc) is 2.91. The number of para-hydroxylation sites is 1. The first-order valence-electron chi connectivity index (χ1n) is 7.08. The molecule has 3 aromatic carbocycles. The molecule has 0 aliphatic rings. The van der Waals surface area contributed by atoms with Crippen molar-refractivity contribution in [2.45, 2.75) is 0 Å². The first-order valence-corrected chi connectivity index (χ1v) is 7.90. The molecule has 2 aromatic heterocycles. The lowest BCUT2D eigenvalue weighted by molar-refractivity contribution is 0.660. The fourth-order valence-corrected chi connectivity index (χ4v) is 4.15. The van der Waals surface area contributed by atoms with E-state index in [2.05, 4.69) is 12.1 Å². The van der Waals surface area contributed by atoms with E-state index in [1.54, 1.807) is 11.3 Å². The molecule has 2 heterocycles. The van der Waals surface area contributed by atoms with E-state index >= 15 is 0 Å². The maximum absolute atomic E-state index is 12.7. The van der Waals surface area contributed by atoms with Crippen LogP contribution in [0.5, 0.6) is 0 Å². The van der Waals surface area contributed by atoms with Gasteiger partial charge in [-0.3, -0.25) is 4.79 Å². The van der Waals surface area contributed by atoms with Crippen molar-refractivity contribution in [2.24, 2.45) is 0 Å². The van der Waals surface area contributed by atoms with Gasteiger partial charge in [-0.05, 0) is 30.3 Å². The summed E-state index contributed by atoms with van der Waals surface area (Å²) in [5.41, 5.74) is 1.33. The van der Waals surface area contributed by atoms with Crippen molar-refractivity contribution in [1.29, 1.82) is 0 Å². The normalized spacial score (nSPS) is 11.8. The molecule has 0 unspecified atom stereocenters. The summed E-state index contributed by atoms with van der Waals surface area (Å²) in [5.74, 6) is 0. The SMILES string of the molecule is O=c1c2ccccc2oc2cc3c(cc12)sc1ccccc13. The van der Waals surface area contributed by atoms with Crippen molar-refractivity contribution < 1.29 is 4.42 Å². The van der Waals surface area contributed by atoms with E-state index in [1.807, 2.05) is 48.5 Å². The van der Waals surface area contributed by atoms with Gasteiger partial charge >= 0.3 is 0 Å². The fourth-order valence-electron chi connectivity index (χ4n) is 3.02. The van der Waals surface area contributed by atoms with Gasteiger partial charge in [0, 0.05) is 20.2 Å². The zero-order valence-electron chi connectivity index (χ0n) is 11.5. The molecule has 0 saturated carbocycles. The standard InChI is InChI=1S/C19H10O2S/c20-19-12-6-1-3-7-15(12)21-16-9-13-11-5-2-4-8-17(11)22-18(13)10-14(16)19/h1-10H. The minimum atomic E-state index is 0.0382. The molecule has 104 valence electrons.